The summed E-state index contributed by atoms with van der Waals surface area (Å²) in [6.45, 7) is -3.08. The number of carbonyl (C=O) groups excluding carboxylic acids is 2. The highest BCUT2D eigenvalue weighted by molar-refractivity contribution is 5.97. The van der Waals surface area contributed by atoms with E-state index in [1.54, 1.807) is 4.90 Å². The van der Waals surface area contributed by atoms with Crippen molar-refractivity contribution >= 4 is 17.7 Å². The molecule has 2 unspecified atom stereocenters. The molecule has 1 aliphatic heterocycles. The van der Waals surface area contributed by atoms with Crippen LogP contribution in [-0.4, -0.2) is 68.0 Å². The monoisotopic (exact) mass is 575 g/mol. The topological polar surface area (TPSA) is 81.2 Å². The van der Waals surface area contributed by atoms with Crippen molar-refractivity contribution < 1.29 is 41.4 Å². The molecular weight excluding hydrogens is 546 g/mol. The maximum atomic E-state index is 13.9. The van der Waals surface area contributed by atoms with Gasteiger partial charge in [-0.05, 0) is 42.7 Å². The lowest BCUT2D eigenvalue weighted by Gasteiger charge is -2.46. The van der Waals surface area contributed by atoms with Crippen LogP contribution in [0.25, 0.3) is 11.3 Å². The number of hydrogen-bond donors (Lipinski definition) is 0. The highest BCUT2D eigenvalue weighted by atomic mass is 19.3. The van der Waals surface area contributed by atoms with Gasteiger partial charge in [0.2, 0.25) is 0 Å². The average molecular weight is 576 g/mol. The highest BCUT2D eigenvalue weighted by Gasteiger charge is 2.40. The molecule has 1 aromatic heterocycles. The van der Waals surface area contributed by atoms with E-state index < -0.39 is 49.0 Å². The Morgan fingerprint density at radius 3 is 2.46 bits per heavy atom. The van der Waals surface area contributed by atoms with E-state index in [9.17, 15) is 27.2 Å². The predicted molar refractivity (Wildman–Crippen MR) is 141 cm³/mol. The van der Waals surface area contributed by atoms with Gasteiger partial charge < -0.3 is 19.1 Å². The lowest BCUT2D eigenvalue weighted by Crippen LogP contribution is -2.59. The van der Waals surface area contributed by atoms with Gasteiger partial charge in [0.1, 0.15) is 0 Å². The quantitative estimate of drug-likeness (QED) is 0.241. The van der Waals surface area contributed by atoms with E-state index in [1.165, 1.54) is 37.4 Å². The number of methoxy groups -OCH3 is 2. The number of amides is 1. The van der Waals surface area contributed by atoms with Crippen molar-refractivity contribution in [2.45, 2.75) is 38.1 Å². The second-order valence-corrected chi connectivity index (χ2v) is 9.35. The van der Waals surface area contributed by atoms with Gasteiger partial charge in [-0.3, -0.25) is 9.88 Å². The number of aromatic nitrogens is 1. The van der Waals surface area contributed by atoms with Gasteiger partial charge in [-0.1, -0.05) is 30.3 Å². The molecule has 12 heteroatoms. The summed E-state index contributed by atoms with van der Waals surface area (Å²) < 4.78 is 68.8. The maximum Gasteiger partial charge on any atom is 0.410 e. The summed E-state index contributed by atoms with van der Waals surface area (Å²) in [5.74, 6) is -2.88. The van der Waals surface area contributed by atoms with Crippen molar-refractivity contribution in [1.82, 2.24) is 9.88 Å². The summed E-state index contributed by atoms with van der Waals surface area (Å²) in [5.41, 5.74) is 1.46. The number of hydrogen-bond acceptors (Lipinski definition) is 7. The SMILES string of the molecule is COC(=O)c1cc(-c2ccc(F)c(F)c2)ncc1N1CCCC(N(Cc2ccccc2)C(=O)OC)C1COC(F)F. The molecule has 41 heavy (non-hydrogen) atoms. The number of ether oxygens (including phenoxy) is 3. The van der Waals surface area contributed by atoms with Crippen LogP contribution in [0.3, 0.4) is 0 Å². The number of nitrogens with zero attached hydrogens (tertiary/aromatic N) is 3. The normalized spacial score (nSPS) is 16.9. The molecule has 0 aliphatic carbocycles. The van der Waals surface area contributed by atoms with Crippen LogP contribution >= 0.6 is 0 Å². The van der Waals surface area contributed by atoms with E-state index in [0.717, 1.165) is 17.7 Å². The molecule has 2 heterocycles. The first kappa shape index (κ1) is 29.8. The molecule has 0 saturated carbocycles. The van der Waals surface area contributed by atoms with Gasteiger partial charge in [-0.15, -0.1) is 0 Å². The third-order valence-corrected chi connectivity index (χ3v) is 6.95. The minimum atomic E-state index is -3.07. The fraction of sp³-hybridized carbons (Fsp3) is 0.345. The van der Waals surface area contributed by atoms with Gasteiger partial charge in [0, 0.05) is 18.7 Å². The Bertz CT molecular complexity index is 1360. The van der Waals surface area contributed by atoms with Crippen LogP contribution in [0.2, 0.25) is 0 Å². The minimum absolute atomic E-state index is 0.0256. The second-order valence-electron chi connectivity index (χ2n) is 9.35. The third kappa shape index (κ3) is 6.94. The summed E-state index contributed by atoms with van der Waals surface area (Å²) in [5, 5.41) is 0. The van der Waals surface area contributed by atoms with Crippen molar-refractivity contribution in [1.29, 1.82) is 0 Å². The lowest BCUT2D eigenvalue weighted by atomic mass is 9.93. The van der Waals surface area contributed by atoms with E-state index in [2.05, 4.69) is 4.98 Å². The fourth-order valence-corrected chi connectivity index (χ4v) is 5.05. The van der Waals surface area contributed by atoms with Gasteiger partial charge in [-0.2, -0.15) is 8.78 Å². The number of carbonyl (C=O) groups is 2. The van der Waals surface area contributed by atoms with E-state index in [1.807, 2.05) is 30.3 Å². The Morgan fingerprint density at radius 1 is 1.05 bits per heavy atom. The smallest absolute Gasteiger partial charge is 0.410 e. The zero-order valence-corrected chi connectivity index (χ0v) is 22.4. The first-order chi connectivity index (χ1) is 19.7. The zero-order valence-electron chi connectivity index (χ0n) is 22.4. The molecule has 1 saturated heterocycles. The Kier molecular flexibility index (Phi) is 9.77. The van der Waals surface area contributed by atoms with Crippen LogP contribution < -0.4 is 4.90 Å². The van der Waals surface area contributed by atoms with Crippen molar-refractivity contribution in [2.75, 3.05) is 32.3 Å². The molecule has 3 aromatic rings. The van der Waals surface area contributed by atoms with Gasteiger partial charge in [0.15, 0.2) is 11.6 Å². The molecular formula is C29H29F4N3O5. The van der Waals surface area contributed by atoms with Crippen molar-refractivity contribution in [2.24, 2.45) is 0 Å². The molecule has 0 spiro atoms. The summed E-state index contributed by atoms with van der Waals surface area (Å²) in [6, 6.07) is 12.2. The van der Waals surface area contributed by atoms with Gasteiger partial charge >= 0.3 is 18.7 Å². The summed E-state index contributed by atoms with van der Waals surface area (Å²) >= 11 is 0. The van der Waals surface area contributed by atoms with Gasteiger partial charge in [-0.25, -0.2) is 18.4 Å². The third-order valence-electron chi connectivity index (χ3n) is 6.95. The van der Waals surface area contributed by atoms with Crippen molar-refractivity contribution in [3.63, 3.8) is 0 Å². The molecule has 4 rings (SSSR count). The summed E-state index contributed by atoms with van der Waals surface area (Å²) in [7, 11) is 2.42. The molecule has 0 N–H and O–H groups in total. The van der Waals surface area contributed by atoms with Crippen LogP contribution in [0.4, 0.5) is 28.0 Å². The molecule has 1 fully saturated rings. The summed E-state index contributed by atoms with van der Waals surface area (Å²) in [4.78, 5) is 33.4. The van der Waals surface area contributed by atoms with E-state index in [-0.39, 0.29) is 29.1 Å². The Labute approximate surface area is 234 Å². The molecule has 2 atom stereocenters. The maximum absolute atomic E-state index is 13.9. The fourth-order valence-electron chi connectivity index (χ4n) is 5.05. The molecule has 0 bridgehead atoms. The number of alkyl halides is 2. The predicted octanol–water partition coefficient (Wildman–Crippen LogP) is 5.66. The lowest BCUT2D eigenvalue weighted by molar-refractivity contribution is -0.136. The average Bonchev–Trinajstić information content (AvgIpc) is 2.99. The molecule has 8 nitrogen and oxygen atoms in total. The van der Waals surface area contributed by atoms with Crippen molar-refractivity contribution in [3.05, 3.63) is 83.6 Å². The van der Waals surface area contributed by atoms with E-state index >= 15 is 0 Å². The van der Waals surface area contributed by atoms with Gasteiger partial charge in [0.25, 0.3) is 0 Å². The zero-order chi connectivity index (χ0) is 29.5. The first-order valence-corrected chi connectivity index (χ1v) is 12.8. The number of rotatable bonds is 9. The highest BCUT2D eigenvalue weighted by Crippen LogP contribution is 2.34. The number of piperidine rings is 1. The molecule has 1 aliphatic rings. The number of halogens is 4. The Morgan fingerprint density at radius 2 is 1.80 bits per heavy atom. The molecule has 218 valence electrons. The number of anilines is 1. The van der Waals surface area contributed by atoms with Crippen molar-refractivity contribution in [3.8, 4) is 11.3 Å². The van der Waals surface area contributed by atoms with Gasteiger partial charge in [0.05, 0.1) is 56.1 Å². The number of pyridine rings is 1. The number of benzene rings is 2. The first-order valence-electron chi connectivity index (χ1n) is 12.8. The second kappa shape index (κ2) is 13.4. The summed E-state index contributed by atoms with van der Waals surface area (Å²) in [6.07, 6.45) is 1.68. The number of esters is 1. The van der Waals surface area contributed by atoms with Crippen LogP contribution in [0, 0.1) is 11.6 Å². The largest absolute Gasteiger partial charge is 0.465 e. The molecule has 0 radical (unpaired) electrons. The molecule has 1 amide bonds. The van der Waals surface area contributed by atoms with E-state index in [0.29, 0.717) is 19.4 Å². The van der Waals surface area contributed by atoms with Crippen LogP contribution in [-0.2, 0) is 20.8 Å². The standard InChI is InChI=1S/C29H29F4N3O5/c1-39-27(37)20-14-23(19-10-11-21(30)22(31)13-19)34-15-25(20)35-12-6-9-24(26(35)17-41-28(32)33)36(29(38)40-2)16-18-7-4-3-5-8-18/h3-5,7-8,10-11,13-15,24,26,28H,6,9,12,16-17H2,1-2H3. The van der Waals surface area contributed by atoms with Crippen LogP contribution in [0.1, 0.15) is 28.8 Å². The van der Waals surface area contributed by atoms with Crippen LogP contribution in [0.5, 0.6) is 0 Å². The Hall–Kier alpha value is -4.19. The van der Waals surface area contributed by atoms with E-state index in [4.69, 9.17) is 14.2 Å². The molecule has 2 aromatic carbocycles. The Balaban J connectivity index is 1.77. The minimum Gasteiger partial charge on any atom is -0.465 e. The van der Waals surface area contributed by atoms with Crippen LogP contribution in [0.15, 0.2) is 60.8 Å².